The van der Waals surface area contributed by atoms with Crippen molar-refractivity contribution < 1.29 is 14.0 Å². The summed E-state index contributed by atoms with van der Waals surface area (Å²) in [6, 6.07) is 5.23. The van der Waals surface area contributed by atoms with Crippen molar-refractivity contribution in [1.82, 2.24) is 10.2 Å². The van der Waals surface area contributed by atoms with Crippen molar-refractivity contribution in [1.29, 1.82) is 0 Å². The Labute approximate surface area is 148 Å². The SMILES string of the molecule is C=CCN1C(=O)C(=Cc2coc3ccc(C)cc3c2=O)C(=O)NC1=S. The van der Waals surface area contributed by atoms with Gasteiger partial charge in [-0.3, -0.25) is 24.6 Å². The largest absolute Gasteiger partial charge is 0.463 e. The lowest BCUT2D eigenvalue weighted by molar-refractivity contribution is -0.128. The molecule has 0 unspecified atom stereocenters. The second kappa shape index (κ2) is 6.45. The molecule has 2 aromatic rings. The Bertz CT molecular complexity index is 1020. The minimum atomic E-state index is -0.654. The minimum absolute atomic E-state index is 0.00761. The van der Waals surface area contributed by atoms with E-state index < -0.39 is 11.8 Å². The van der Waals surface area contributed by atoms with Gasteiger partial charge in [0.15, 0.2) is 10.5 Å². The molecule has 2 amide bonds. The smallest absolute Gasteiger partial charge is 0.265 e. The van der Waals surface area contributed by atoms with Gasteiger partial charge in [-0.2, -0.15) is 0 Å². The molecule has 0 aliphatic carbocycles. The molecule has 126 valence electrons. The first-order chi connectivity index (χ1) is 11.9. The third-order valence-electron chi connectivity index (χ3n) is 3.75. The molecule has 25 heavy (non-hydrogen) atoms. The quantitative estimate of drug-likeness (QED) is 0.394. The summed E-state index contributed by atoms with van der Waals surface area (Å²) in [6.45, 7) is 5.57. The third-order valence-corrected chi connectivity index (χ3v) is 4.07. The molecular weight excluding hydrogens is 340 g/mol. The summed E-state index contributed by atoms with van der Waals surface area (Å²) < 4.78 is 5.44. The van der Waals surface area contributed by atoms with E-state index >= 15 is 0 Å². The highest BCUT2D eigenvalue weighted by atomic mass is 32.1. The standard InChI is InChI=1S/C18H14N2O4S/c1-3-6-20-17(23)13(16(22)19-18(20)25)8-11-9-24-14-5-4-10(2)7-12(14)15(11)21/h3-5,7-9H,1,6H2,2H3,(H,19,22,25). The van der Waals surface area contributed by atoms with Crippen LogP contribution < -0.4 is 10.7 Å². The van der Waals surface area contributed by atoms with Crippen LogP contribution >= 0.6 is 12.2 Å². The van der Waals surface area contributed by atoms with Crippen LogP contribution in [0.2, 0.25) is 0 Å². The first-order valence-electron chi connectivity index (χ1n) is 7.44. The van der Waals surface area contributed by atoms with Crippen LogP contribution in [0.5, 0.6) is 0 Å². The van der Waals surface area contributed by atoms with Gasteiger partial charge in [0.05, 0.1) is 10.9 Å². The summed E-state index contributed by atoms with van der Waals surface area (Å²) in [5.74, 6) is -1.24. The molecule has 1 aromatic heterocycles. The van der Waals surface area contributed by atoms with E-state index in [0.717, 1.165) is 5.56 Å². The summed E-state index contributed by atoms with van der Waals surface area (Å²) in [5.41, 5.74) is 0.949. The van der Waals surface area contributed by atoms with E-state index in [1.807, 2.05) is 13.0 Å². The number of carbonyl (C=O) groups excluding carboxylic acids is 2. The highest BCUT2D eigenvalue weighted by Crippen LogP contribution is 2.17. The molecule has 6 nitrogen and oxygen atoms in total. The van der Waals surface area contributed by atoms with Gasteiger partial charge < -0.3 is 4.42 Å². The summed E-state index contributed by atoms with van der Waals surface area (Å²) in [7, 11) is 0. The normalized spacial score (nSPS) is 16.4. The number of carbonyl (C=O) groups is 2. The number of nitrogens with zero attached hydrogens (tertiary/aromatic N) is 1. The van der Waals surface area contributed by atoms with E-state index in [4.69, 9.17) is 16.6 Å². The molecule has 0 bridgehead atoms. The molecule has 3 rings (SSSR count). The predicted molar refractivity (Wildman–Crippen MR) is 97.8 cm³/mol. The van der Waals surface area contributed by atoms with Gasteiger partial charge in [-0.05, 0) is 37.4 Å². The molecule has 0 radical (unpaired) electrons. The fourth-order valence-electron chi connectivity index (χ4n) is 2.50. The molecular formula is C18H14N2O4S. The summed E-state index contributed by atoms with van der Waals surface area (Å²) in [6.07, 6.45) is 3.95. The van der Waals surface area contributed by atoms with E-state index in [1.54, 1.807) is 12.1 Å². The molecule has 1 N–H and O–H groups in total. The first-order valence-corrected chi connectivity index (χ1v) is 7.85. The van der Waals surface area contributed by atoms with Crippen molar-refractivity contribution in [2.75, 3.05) is 6.54 Å². The average molecular weight is 354 g/mol. The zero-order valence-electron chi connectivity index (χ0n) is 13.4. The Morgan fingerprint density at radius 3 is 2.80 bits per heavy atom. The monoisotopic (exact) mass is 354 g/mol. The number of rotatable bonds is 3. The maximum absolute atomic E-state index is 12.6. The van der Waals surface area contributed by atoms with Gasteiger partial charge in [0.25, 0.3) is 11.8 Å². The van der Waals surface area contributed by atoms with Crippen molar-refractivity contribution in [3.05, 3.63) is 64.0 Å². The highest BCUT2D eigenvalue weighted by Gasteiger charge is 2.32. The lowest BCUT2D eigenvalue weighted by atomic mass is 10.1. The van der Waals surface area contributed by atoms with Crippen molar-refractivity contribution in [3.8, 4) is 0 Å². The van der Waals surface area contributed by atoms with Gasteiger partial charge in [-0.25, -0.2) is 0 Å². The Balaban J connectivity index is 2.11. The molecule has 0 spiro atoms. The molecule has 1 aliphatic rings. The fourth-order valence-corrected chi connectivity index (χ4v) is 2.75. The van der Waals surface area contributed by atoms with Crippen LogP contribution in [0.1, 0.15) is 11.1 Å². The van der Waals surface area contributed by atoms with Crippen LogP contribution in [-0.2, 0) is 9.59 Å². The van der Waals surface area contributed by atoms with E-state index in [0.29, 0.717) is 11.0 Å². The fraction of sp³-hybridized carbons (Fsp3) is 0.111. The zero-order chi connectivity index (χ0) is 18.1. The Kier molecular flexibility index (Phi) is 4.33. The minimum Gasteiger partial charge on any atom is -0.463 e. The number of benzene rings is 1. The van der Waals surface area contributed by atoms with Gasteiger partial charge in [-0.1, -0.05) is 17.7 Å². The van der Waals surface area contributed by atoms with Gasteiger partial charge in [0.2, 0.25) is 0 Å². The molecule has 0 saturated carbocycles. The molecule has 1 fully saturated rings. The molecule has 1 saturated heterocycles. The van der Waals surface area contributed by atoms with Crippen molar-refractivity contribution in [2.24, 2.45) is 0 Å². The molecule has 1 aromatic carbocycles. The van der Waals surface area contributed by atoms with Crippen LogP contribution in [0.25, 0.3) is 17.0 Å². The van der Waals surface area contributed by atoms with Crippen molar-refractivity contribution in [3.63, 3.8) is 0 Å². The summed E-state index contributed by atoms with van der Waals surface area (Å²) >= 11 is 4.99. The number of hydrogen-bond acceptors (Lipinski definition) is 5. The number of fused-ring (bicyclic) bond motifs is 1. The van der Waals surface area contributed by atoms with Crippen molar-refractivity contribution >= 4 is 46.2 Å². The molecule has 7 heteroatoms. The zero-order valence-corrected chi connectivity index (χ0v) is 14.2. The van der Waals surface area contributed by atoms with Crippen molar-refractivity contribution in [2.45, 2.75) is 6.92 Å². The molecule has 0 atom stereocenters. The average Bonchev–Trinajstić information content (AvgIpc) is 2.57. The van der Waals surface area contributed by atoms with Crippen LogP contribution in [0.3, 0.4) is 0 Å². The number of thiocarbonyl (C=S) groups is 1. The Hall–Kier alpha value is -3.06. The van der Waals surface area contributed by atoms with E-state index in [2.05, 4.69) is 11.9 Å². The number of nitrogens with one attached hydrogen (secondary N) is 1. The number of aryl methyl sites for hydroxylation is 1. The predicted octanol–water partition coefficient (Wildman–Crippen LogP) is 1.91. The van der Waals surface area contributed by atoms with E-state index in [1.165, 1.54) is 23.3 Å². The second-order valence-electron chi connectivity index (χ2n) is 5.54. The number of amides is 2. The van der Waals surface area contributed by atoms with Crippen LogP contribution in [-0.4, -0.2) is 28.4 Å². The van der Waals surface area contributed by atoms with Crippen LogP contribution in [0, 0.1) is 6.92 Å². The third kappa shape index (κ3) is 3.01. The maximum atomic E-state index is 12.6. The Morgan fingerprint density at radius 2 is 2.08 bits per heavy atom. The first kappa shape index (κ1) is 16.8. The maximum Gasteiger partial charge on any atom is 0.265 e. The molecule has 2 heterocycles. The van der Waals surface area contributed by atoms with Gasteiger partial charge >= 0.3 is 0 Å². The summed E-state index contributed by atoms with van der Waals surface area (Å²) in [5, 5.41) is 2.82. The van der Waals surface area contributed by atoms with Gasteiger partial charge in [-0.15, -0.1) is 6.58 Å². The highest BCUT2D eigenvalue weighted by molar-refractivity contribution is 7.80. The second-order valence-corrected chi connectivity index (χ2v) is 5.93. The molecule has 1 aliphatic heterocycles. The lowest BCUT2D eigenvalue weighted by Crippen LogP contribution is -2.53. The number of hydrogen-bond donors (Lipinski definition) is 1. The van der Waals surface area contributed by atoms with Gasteiger partial charge in [0.1, 0.15) is 17.4 Å². The van der Waals surface area contributed by atoms with Crippen LogP contribution in [0.15, 0.2) is 51.9 Å². The lowest BCUT2D eigenvalue weighted by Gasteiger charge is -2.27. The van der Waals surface area contributed by atoms with Crippen LogP contribution in [0.4, 0.5) is 0 Å². The van der Waals surface area contributed by atoms with E-state index in [-0.39, 0.29) is 28.2 Å². The Morgan fingerprint density at radius 1 is 1.32 bits per heavy atom. The summed E-state index contributed by atoms with van der Waals surface area (Å²) in [4.78, 5) is 38.5. The van der Waals surface area contributed by atoms with E-state index in [9.17, 15) is 14.4 Å². The van der Waals surface area contributed by atoms with Gasteiger partial charge in [0, 0.05) is 6.54 Å². The topological polar surface area (TPSA) is 79.6 Å².